The lowest BCUT2D eigenvalue weighted by Gasteiger charge is -2.11. The summed E-state index contributed by atoms with van der Waals surface area (Å²) in [4.78, 5) is 2.07. The number of nitrogens with zero attached hydrogens (tertiary/aromatic N) is 2. The average molecular weight is 495 g/mol. The highest BCUT2D eigenvalue weighted by molar-refractivity contribution is 8.31. The van der Waals surface area contributed by atoms with Gasteiger partial charge < -0.3 is 15.0 Å². The number of benzene rings is 2. The van der Waals surface area contributed by atoms with E-state index >= 15 is 0 Å². The van der Waals surface area contributed by atoms with Crippen LogP contribution in [0.2, 0.25) is 0 Å². The van der Waals surface area contributed by atoms with Crippen LogP contribution in [0, 0.1) is 13.8 Å². The molecule has 10 heteroatoms. The highest BCUT2D eigenvalue weighted by Gasteiger charge is 2.44. The molecular weight excluding hydrogens is 464 g/mol. The Morgan fingerprint density at radius 3 is 1.48 bits per heavy atom. The molecule has 0 fully saturated rings. The van der Waals surface area contributed by atoms with Crippen LogP contribution in [0.3, 0.4) is 0 Å². The maximum absolute atomic E-state index is 13.1. The third kappa shape index (κ3) is 6.22. The van der Waals surface area contributed by atoms with Gasteiger partial charge in [0.25, 0.3) is 19.7 Å². The van der Waals surface area contributed by atoms with Gasteiger partial charge in [-0.1, -0.05) is 26.7 Å². The van der Waals surface area contributed by atoms with Crippen LogP contribution >= 0.6 is 0 Å². The van der Waals surface area contributed by atoms with Crippen molar-refractivity contribution in [1.29, 1.82) is 0 Å². The molecule has 0 aliphatic heterocycles. The zero-order valence-electron chi connectivity index (χ0n) is 19.4. The van der Waals surface area contributed by atoms with Crippen LogP contribution in [0.5, 0.6) is 11.5 Å². The second-order valence-corrected chi connectivity index (χ2v) is 11.6. The molecule has 0 bridgehead atoms. The van der Waals surface area contributed by atoms with Gasteiger partial charge in [-0.2, -0.15) is 0 Å². The molecule has 0 atom stereocenters. The molecule has 0 radical (unpaired) electrons. The first-order valence-corrected chi connectivity index (χ1v) is 13.7. The molecule has 2 aromatic carbocycles. The predicted octanol–water partition coefficient (Wildman–Crippen LogP) is 4.49. The van der Waals surface area contributed by atoms with Gasteiger partial charge in [-0.25, -0.2) is 16.8 Å². The summed E-state index contributed by atoms with van der Waals surface area (Å²) in [5, 5.41) is 0. The van der Waals surface area contributed by atoms with Crippen LogP contribution in [0.25, 0.3) is 5.53 Å². The molecule has 0 saturated carbocycles. The van der Waals surface area contributed by atoms with Crippen LogP contribution in [-0.4, -0.2) is 39.2 Å². The summed E-state index contributed by atoms with van der Waals surface area (Å²) in [6.07, 6.45) is 3.60. The highest BCUT2D eigenvalue weighted by atomic mass is 32.3. The molecule has 0 spiro atoms. The Bertz CT molecular complexity index is 1160. The second kappa shape index (κ2) is 11.4. The zero-order valence-corrected chi connectivity index (χ0v) is 21.0. The summed E-state index contributed by atoms with van der Waals surface area (Å²) in [7, 11) is -9.27. The minimum absolute atomic E-state index is 0.310. The quantitative estimate of drug-likeness (QED) is 0.158. The largest absolute Gasteiger partial charge is 0.504 e. The molecule has 0 N–H and O–H groups in total. The molecule has 0 aliphatic rings. The maximum Gasteiger partial charge on any atom is 0.504 e. The number of rotatable bonds is 10. The Labute approximate surface area is 196 Å². The molecule has 33 heavy (non-hydrogen) atoms. The molecule has 8 nitrogen and oxygen atoms in total. The number of hydrogen-bond donors (Lipinski definition) is 0. The Kier molecular flexibility index (Phi) is 9.22. The van der Waals surface area contributed by atoms with Crippen molar-refractivity contribution in [3.63, 3.8) is 0 Å². The summed E-state index contributed by atoms with van der Waals surface area (Å²) in [6.45, 7) is 8.33. The van der Waals surface area contributed by atoms with E-state index in [0.717, 1.165) is 25.7 Å². The van der Waals surface area contributed by atoms with E-state index in [1.54, 1.807) is 13.8 Å². The number of sulfone groups is 2. The van der Waals surface area contributed by atoms with E-state index in [1.807, 2.05) is 13.8 Å². The monoisotopic (exact) mass is 494 g/mol. The van der Waals surface area contributed by atoms with E-state index in [0.29, 0.717) is 35.8 Å². The van der Waals surface area contributed by atoms with Crippen LogP contribution in [0.4, 0.5) is 0 Å². The fourth-order valence-corrected chi connectivity index (χ4v) is 6.52. The topological polar surface area (TPSA) is 123 Å². The van der Waals surface area contributed by atoms with Gasteiger partial charge >= 0.3 is 4.38 Å². The fourth-order valence-electron chi connectivity index (χ4n) is 3.01. The lowest BCUT2D eigenvalue weighted by Crippen LogP contribution is -2.26. The predicted molar refractivity (Wildman–Crippen MR) is 126 cm³/mol. The minimum atomic E-state index is -4.64. The van der Waals surface area contributed by atoms with E-state index in [1.165, 1.54) is 36.4 Å². The molecule has 2 aromatic rings. The van der Waals surface area contributed by atoms with Gasteiger partial charge in [-0.15, -0.1) is 4.79 Å². The van der Waals surface area contributed by atoms with Crippen molar-refractivity contribution >= 4 is 24.1 Å². The van der Waals surface area contributed by atoms with Crippen LogP contribution in [0.15, 0.2) is 46.2 Å². The Morgan fingerprint density at radius 2 is 1.18 bits per heavy atom. The fraction of sp³-hybridized carbons (Fsp3) is 0.435. The molecule has 0 heterocycles. The van der Waals surface area contributed by atoms with E-state index < -0.39 is 24.1 Å². The van der Waals surface area contributed by atoms with E-state index in [4.69, 9.17) is 9.47 Å². The summed E-state index contributed by atoms with van der Waals surface area (Å²) in [6, 6.07) is 8.00. The summed E-state index contributed by atoms with van der Waals surface area (Å²) >= 11 is 0. The number of aryl methyl sites for hydroxylation is 2. The Hall–Kier alpha value is -2.68. The molecule has 180 valence electrons. The highest BCUT2D eigenvalue weighted by Crippen LogP contribution is 2.28. The van der Waals surface area contributed by atoms with Gasteiger partial charge in [0, 0.05) is 0 Å². The minimum Gasteiger partial charge on any atom is -0.493 e. The second-order valence-electron chi connectivity index (χ2n) is 7.63. The first-order valence-electron chi connectivity index (χ1n) is 10.8. The lowest BCUT2D eigenvalue weighted by atomic mass is 10.2. The molecule has 0 saturated heterocycles. The van der Waals surface area contributed by atoms with Crippen molar-refractivity contribution in [2.45, 2.75) is 63.2 Å². The van der Waals surface area contributed by atoms with E-state index in [-0.39, 0.29) is 9.79 Å². The van der Waals surface area contributed by atoms with E-state index in [9.17, 15) is 22.4 Å². The van der Waals surface area contributed by atoms with Crippen molar-refractivity contribution in [3.8, 4) is 11.5 Å². The zero-order chi connectivity index (χ0) is 24.6. The van der Waals surface area contributed by atoms with Crippen molar-refractivity contribution in [2.24, 2.45) is 0 Å². The van der Waals surface area contributed by atoms with Crippen molar-refractivity contribution < 1.29 is 31.1 Å². The van der Waals surface area contributed by atoms with Gasteiger partial charge in [0.05, 0.1) is 23.0 Å². The molecule has 0 aliphatic carbocycles. The van der Waals surface area contributed by atoms with Crippen molar-refractivity contribution in [1.82, 2.24) is 0 Å². The number of unbranched alkanes of at least 4 members (excludes halogenated alkanes) is 2. The number of ether oxygens (including phenoxy) is 2. The van der Waals surface area contributed by atoms with Crippen LogP contribution < -0.4 is 9.47 Å². The van der Waals surface area contributed by atoms with E-state index in [2.05, 4.69) is 4.79 Å². The molecule has 0 amide bonds. The molecular formula is C23H30N2O6S2. The third-order valence-corrected chi connectivity index (χ3v) is 9.11. The van der Waals surface area contributed by atoms with Crippen LogP contribution in [0.1, 0.15) is 50.7 Å². The standard InChI is InChI=1S/C23H30N2O6S2/c1-5-7-13-30-21-11-9-19(15-17(21)3)32(26,27)23(25-24)33(28,29)20-10-12-22(18(4)16-20)31-14-8-6-2/h9-12,15-16H,5-8,13-14H2,1-4H3. The number of hydrogen-bond acceptors (Lipinski definition) is 6. The lowest BCUT2D eigenvalue weighted by molar-refractivity contribution is 0.00380. The molecule has 0 aromatic heterocycles. The average Bonchev–Trinajstić information content (AvgIpc) is 2.76. The van der Waals surface area contributed by atoms with Crippen molar-refractivity contribution in [3.05, 3.63) is 53.1 Å². The summed E-state index contributed by atoms with van der Waals surface area (Å²) in [5.74, 6) is 1.00. The first-order chi connectivity index (χ1) is 15.6. The maximum atomic E-state index is 13.1. The summed E-state index contributed by atoms with van der Waals surface area (Å²) < 4.78 is 62.3. The Morgan fingerprint density at radius 1 is 0.788 bits per heavy atom. The van der Waals surface area contributed by atoms with Gasteiger partial charge in [0.1, 0.15) is 11.5 Å². The molecule has 2 rings (SSSR count). The van der Waals surface area contributed by atoms with Gasteiger partial charge in [0.2, 0.25) is 0 Å². The van der Waals surface area contributed by atoms with Crippen molar-refractivity contribution in [2.75, 3.05) is 13.2 Å². The third-order valence-electron chi connectivity index (χ3n) is 4.97. The summed E-state index contributed by atoms with van der Waals surface area (Å²) in [5.41, 5.74) is 10.5. The normalized spacial score (nSPS) is 11.6. The van der Waals surface area contributed by atoms with Gasteiger partial charge in [0.15, 0.2) is 0 Å². The molecule has 0 unspecified atom stereocenters. The van der Waals surface area contributed by atoms with Gasteiger partial charge in [-0.3, -0.25) is 0 Å². The first kappa shape index (κ1) is 26.6. The van der Waals surface area contributed by atoms with Crippen LogP contribution in [-0.2, 0) is 19.7 Å². The smallest absolute Gasteiger partial charge is 0.493 e. The SMILES string of the molecule is CCCCOc1ccc(S(=O)(=O)C(=[N+]=[N-])S(=O)(=O)c2ccc(OCCCC)c(C)c2)cc1C. The van der Waals surface area contributed by atoms with Gasteiger partial charge in [-0.05, 0) is 74.2 Å². The Balaban J connectivity index is 2.39.